The number of hydrogen-bond acceptors (Lipinski definition) is 2. The Balaban J connectivity index is 2.34. The average Bonchev–Trinajstić information content (AvgIpc) is 2.45. The average molecular weight is 285 g/mol. The molecule has 0 atom stereocenters. The zero-order valence-corrected chi connectivity index (χ0v) is 11.8. The second-order valence-corrected chi connectivity index (χ2v) is 4.97. The topological polar surface area (TPSA) is 26.3 Å². The summed E-state index contributed by atoms with van der Waals surface area (Å²) >= 11 is 6.18. The Hall–Kier alpha value is -2.06. The van der Waals surface area contributed by atoms with Crippen molar-refractivity contribution < 1.29 is 9.53 Å². The van der Waals surface area contributed by atoms with Gasteiger partial charge in [0.05, 0.1) is 17.2 Å². The minimum atomic E-state index is -0.376. The third kappa shape index (κ3) is 2.12. The van der Waals surface area contributed by atoms with Gasteiger partial charge in [0.1, 0.15) is 0 Å². The molecule has 2 nitrogen and oxygen atoms in total. The Morgan fingerprint density at radius 2 is 1.75 bits per heavy atom. The smallest absolute Gasteiger partial charge is 0.340 e. The Morgan fingerprint density at radius 3 is 2.45 bits per heavy atom. The maximum Gasteiger partial charge on any atom is 0.340 e. The molecular formula is C17H13ClO2. The first kappa shape index (κ1) is 12.9. The highest BCUT2D eigenvalue weighted by atomic mass is 35.5. The third-order valence-corrected chi connectivity index (χ3v) is 3.63. The van der Waals surface area contributed by atoms with Crippen LogP contribution in [0.15, 0.2) is 48.5 Å². The molecule has 3 aromatic carbocycles. The fourth-order valence-electron chi connectivity index (χ4n) is 2.40. The predicted molar refractivity (Wildman–Crippen MR) is 82.4 cm³/mol. The van der Waals surface area contributed by atoms with Crippen LogP contribution in [-0.2, 0) is 4.74 Å². The first-order valence-corrected chi connectivity index (χ1v) is 6.86. The van der Waals surface area contributed by atoms with E-state index < -0.39 is 0 Å². The lowest BCUT2D eigenvalue weighted by Crippen LogP contribution is -2.06. The molecule has 0 amide bonds. The molecule has 0 saturated heterocycles. The molecule has 0 heterocycles. The highest BCUT2D eigenvalue weighted by Crippen LogP contribution is 2.30. The van der Waals surface area contributed by atoms with Gasteiger partial charge in [-0.25, -0.2) is 4.79 Å². The molecule has 0 fully saturated rings. The van der Waals surface area contributed by atoms with Crippen LogP contribution in [0.25, 0.3) is 21.5 Å². The molecule has 3 aromatic rings. The fraction of sp³-hybridized carbons (Fsp3) is 0.118. The van der Waals surface area contributed by atoms with Gasteiger partial charge in [0.2, 0.25) is 0 Å². The molecule has 3 heteroatoms. The van der Waals surface area contributed by atoms with Gasteiger partial charge in [-0.15, -0.1) is 0 Å². The van der Waals surface area contributed by atoms with Crippen molar-refractivity contribution in [3.63, 3.8) is 0 Å². The van der Waals surface area contributed by atoms with E-state index in [1.165, 1.54) is 0 Å². The van der Waals surface area contributed by atoms with Crippen molar-refractivity contribution in [3.8, 4) is 0 Å². The number of ether oxygens (including phenoxy) is 1. The summed E-state index contributed by atoms with van der Waals surface area (Å²) in [6.07, 6.45) is 0. The Morgan fingerprint density at radius 1 is 1.05 bits per heavy atom. The van der Waals surface area contributed by atoms with Gasteiger partial charge in [0, 0.05) is 0 Å². The molecule has 0 bridgehead atoms. The molecule has 3 rings (SSSR count). The van der Waals surface area contributed by atoms with Gasteiger partial charge >= 0.3 is 5.97 Å². The summed E-state index contributed by atoms with van der Waals surface area (Å²) in [4.78, 5) is 12.1. The SMILES string of the molecule is CCOC(=O)c1c(Cl)ccc2cc3ccccc3cc12. The molecule has 0 radical (unpaired) electrons. The van der Waals surface area contributed by atoms with Crippen LogP contribution in [0.3, 0.4) is 0 Å². The summed E-state index contributed by atoms with van der Waals surface area (Å²) in [5, 5.41) is 4.45. The fourth-order valence-corrected chi connectivity index (χ4v) is 2.64. The minimum Gasteiger partial charge on any atom is -0.462 e. The summed E-state index contributed by atoms with van der Waals surface area (Å²) in [5.41, 5.74) is 0.441. The van der Waals surface area contributed by atoms with Gasteiger partial charge in [-0.3, -0.25) is 0 Å². The van der Waals surface area contributed by atoms with Crippen LogP contribution in [0.2, 0.25) is 5.02 Å². The number of halogens is 1. The van der Waals surface area contributed by atoms with E-state index in [4.69, 9.17) is 16.3 Å². The second kappa shape index (κ2) is 5.14. The Kier molecular flexibility index (Phi) is 3.33. The maximum absolute atomic E-state index is 12.1. The molecular weight excluding hydrogens is 272 g/mol. The molecule has 0 aliphatic heterocycles. The summed E-state index contributed by atoms with van der Waals surface area (Å²) in [5.74, 6) is -0.376. The highest BCUT2D eigenvalue weighted by Gasteiger charge is 2.16. The van der Waals surface area contributed by atoms with E-state index >= 15 is 0 Å². The second-order valence-electron chi connectivity index (χ2n) is 4.56. The van der Waals surface area contributed by atoms with Gasteiger partial charge in [-0.2, -0.15) is 0 Å². The lowest BCUT2D eigenvalue weighted by atomic mass is 9.99. The van der Waals surface area contributed by atoms with Crippen LogP contribution in [0.5, 0.6) is 0 Å². The van der Waals surface area contributed by atoms with Crippen molar-refractivity contribution in [1.82, 2.24) is 0 Å². The van der Waals surface area contributed by atoms with Crippen LogP contribution in [0.1, 0.15) is 17.3 Å². The molecule has 0 spiro atoms. The van der Waals surface area contributed by atoms with Crippen molar-refractivity contribution >= 4 is 39.1 Å². The largest absolute Gasteiger partial charge is 0.462 e. The molecule has 20 heavy (non-hydrogen) atoms. The number of rotatable bonds is 2. The number of carbonyl (C=O) groups is 1. The van der Waals surface area contributed by atoms with Crippen LogP contribution < -0.4 is 0 Å². The molecule has 100 valence electrons. The van der Waals surface area contributed by atoms with Crippen molar-refractivity contribution in [2.24, 2.45) is 0 Å². The van der Waals surface area contributed by atoms with E-state index in [-0.39, 0.29) is 5.97 Å². The predicted octanol–water partition coefficient (Wildman–Crippen LogP) is 4.82. The van der Waals surface area contributed by atoms with Crippen LogP contribution in [0, 0.1) is 0 Å². The zero-order valence-electron chi connectivity index (χ0n) is 11.0. The number of hydrogen-bond donors (Lipinski definition) is 0. The molecule has 0 saturated carbocycles. The summed E-state index contributed by atoms with van der Waals surface area (Å²) in [6, 6.07) is 15.8. The van der Waals surface area contributed by atoms with E-state index in [1.807, 2.05) is 36.4 Å². The van der Waals surface area contributed by atoms with Crippen molar-refractivity contribution in [2.75, 3.05) is 6.61 Å². The molecule has 0 unspecified atom stereocenters. The van der Waals surface area contributed by atoms with E-state index in [2.05, 4.69) is 6.07 Å². The first-order chi connectivity index (χ1) is 9.70. The van der Waals surface area contributed by atoms with Crippen LogP contribution >= 0.6 is 11.6 Å². The maximum atomic E-state index is 12.1. The molecule has 0 aliphatic rings. The van der Waals surface area contributed by atoms with Gasteiger partial charge in [0.25, 0.3) is 0 Å². The van der Waals surface area contributed by atoms with Gasteiger partial charge in [0.15, 0.2) is 0 Å². The number of fused-ring (bicyclic) bond motifs is 2. The van der Waals surface area contributed by atoms with Crippen LogP contribution in [0.4, 0.5) is 0 Å². The molecule has 0 aromatic heterocycles. The monoisotopic (exact) mass is 284 g/mol. The first-order valence-electron chi connectivity index (χ1n) is 6.49. The van der Waals surface area contributed by atoms with Crippen molar-refractivity contribution in [2.45, 2.75) is 6.92 Å². The number of benzene rings is 3. The summed E-state index contributed by atoms with van der Waals surface area (Å²) in [6.45, 7) is 2.12. The van der Waals surface area contributed by atoms with Gasteiger partial charge in [-0.1, -0.05) is 41.9 Å². The van der Waals surface area contributed by atoms with Crippen LogP contribution in [-0.4, -0.2) is 12.6 Å². The van der Waals surface area contributed by atoms with E-state index in [0.29, 0.717) is 17.2 Å². The lowest BCUT2D eigenvalue weighted by Gasteiger charge is -2.09. The van der Waals surface area contributed by atoms with E-state index in [9.17, 15) is 4.79 Å². The quantitative estimate of drug-likeness (QED) is 0.498. The standard InChI is InChI=1S/C17H13ClO2/c1-2-20-17(19)16-14-10-12-6-4-3-5-11(12)9-13(14)7-8-15(16)18/h3-10H,2H2,1H3. The Bertz CT molecular complexity index is 809. The number of esters is 1. The van der Waals surface area contributed by atoms with E-state index in [1.54, 1.807) is 13.0 Å². The summed E-state index contributed by atoms with van der Waals surface area (Å²) in [7, 11) is 0. The van der Waals surface area contributed by atoms with Crippen molar-refractivity contribution in [1.29, 1.82) is 0 Å². The minimum absolute atomic E-state index is 0.332. The third-order valence-electron chi connectivity index (χ3n) is 3.31. The Labute approximate surface area is 121 Å². The molecule has 0 N–H and O–H groups in total. The summed E-state index contributed by atoms with van der Waals surface area (Å²) < 4.78 is 5.11. The van der Waals surface area contributed by atoms with E-state index in [0.717, 1.165) is 21.5 Å². The van der Waals surface area contributed by atoms with Crippen molar-refractivity contribution in [3.05, 3.63) is 59.1 Å². The normalized spacial score (nSPS) is 10.9. The highest BCUT2D eigenvalue weighted by molar-refractivity contribution is 6.35. The molecule has 0 aliphatic carbocycles. The zero-order chi connectivity index (χ0) is 14.1. The van der Waals surface area contributed by atoms with Gasteiger partial charge in [-0.05, 0) is 46.7 Å². The lowest BCUT2D eigenvalue weighted by molar-refractivity contribution is 0.0529. The van der Waals surface area contributed by atoms with Gasteiger partial charge < -0.3 is 4.74 Å². The number of carbonyl (C=O) groups excluding carboxylic acids is 1.